The summed E-state index contributed by atoms with van der Waals surface area (Å²) in [6, 6.07) is 17.7. The van der Waals surface area contributed by atoms with Gasteiger partial charge in [-0.1, -0.05) is 49.7 Å². The highest BCUT2D eigenvalue weighted by molar-refractivity contribution is 5.40. The van der Waals surface area contributed by atoms with E-state index in [0.29, 0.717) is 6.04 Å². The number of fused-ring (bicyclic) bond motifs is 1. The molecule has 1 atom stereocenters. The minimum absolute atomic E-state index is 0.390. The minimum atomic E-state index is 0.390. The fourth-order valence-electron chi connectivity index (χ4n) is 3.07. The molecule has 2 nitrogen and oxygen atoms in total. The highest BCUT2D eigenvalue weighted by atomic mass is 16.5. The summed E-state index contributed by atoms with van der Waals surface area (Å²) in [5.41, 5.74) is 4.25. The van der Waals surface area contributed by atoms with E-state index in [1.54, 1.807) is 0 Å². The molecule has 0 amide bonds. The number of unbranched alkanes of at least 4 members (excludes halogenated alkanes) is 1. The molecular formula is C20H25NO. The van der Waals surface area contributed by atoms with Crippen LogP contribution < -0.4 is 10.1 Å². The van der Waals surface area contributed by atoms with Crippen molar-refractivity contribution in [2.24, 2.45) is 0 Å². The van der Waals surface area contributed by atoms with Crippen LogP contribution in [0.3, 0.4) is 0 Å². The first-order chi connectivity index (χ1) is 10.9. The van der Waals surface area contributed by atoms with Gasteiger partial charge < -0.3 is 10.1 Å². The topological polar surface area (TPSA) is 21.3 Å². The summed E-state index contributed by atoms with van der Waals surface area (Å²) < 4.78 is 5.88. The smallest absolute Gasteiger partial charge is 0.119 e. The molecule has 1 heterocycles. The van der Waals surface area contributed by atoms with Crippen LogP contribution in [0.4, 0.5) is 0 Å². The lowest BCUT2D eigenvalue weighted by Gasteiger charge is -2.27. The summed E-state index contributed by atoms with van der Waals surface area (Å²) in [4.78, 5) is 0. The lowest BCUT2D eigenvalue weighted by Crippen LogP contribution is -2.31. The fraction of sp³-hybridized carbons (Fsp3) is 0.400. The van der Waals surface area contributed by atoms with Gasteiger partial charge in [-0.2, -0.15) is 0 Å². The summed E-state index contributed by atoms with van der Waals surface area (Å²) in [6.45, 7) is 4.06. The molecule has 1 N–H and O–H groups in total. The van der Waals surface area contributed by atoms with Crippen molar-refractivity contribution in [1.82, 2.24) is 5.32 Å². The molecule has 22 heavy (non-hydrogen) atoms. The van der Waals surface area contributed by atoms with Gasteiger partial charge in [0.05, 0.1) is 6.61 Å². The summed E-state index contributed by atoms with van der Waals surface area (Å²) in [6.07, 6.45) is 4.42. The van der Waals surface area contributed by atoms with Crippen LogP contribution in [-0.2, 0) is 12.8 Å². The van der Waals surface area contributed by atoms with E-state index in [9.17, 15) is 0 Å². The van der Waals surface area contributed by atoms with E-state index in [1.807, 2.05) is 0 Å². The van der Waals surface area contributed by atoms with Crippen LogP contribution in [0.25, 0.3) is 0 Å². The monoisotopic (exact) mass is 295 g/mol. The van der Waals surface area contributed by atoms with Gasteiger partial charge in [-0.15, -0.1) is 0 Å². The van der Waals surface area contributed by atoms with Crippen LogP contribution in [0.15, 0.2) is 48.5 Å². The van der Waals surface area contributed by atoms with Crippen LogP contribution in [0.1, 0.15) is 42.5 Å². The van der Waals surface area contributed by atoms with Gasteiger partial charge in [-0.05, 0) is 54.6 Å². The third kappa shape index (κ3) is 3.69. The summed E-state index contributed by atoms with van der Waals surface area (Å²) in [5.74, 6) is 1.01. The number of hydrogen-bond acceptors (Lipinski definition) is 2. The van der Waals surface area contributed by atoms with E-state index in [4.69, 9.17) is 4.74 Å². The second kappa shape index (κ2) is 7.46. The molecule has 2 aromatic carbocycles. The normalized spacial score (nSPS) is 17.0. The Bertz CT molecular complexity index is 594. The molecule has 1 unspecified atom stereocenters. The molecule has 0 saturated carbocycles. The van der Waals surface area contributed by atoms with Gasteiger partial charge in [-0.25, -0.2) is 0 Å². The predicted molar refractivity (Wildman–Crippen MR) is 91.4 cm³/mol. The maximum absolute atomic E-state index is 5.88. The van der Waals surface area contributed by atoms with E-state index in [-0.39, 0.29) is 0 Å². The molecule has 1 aliphatic heterocycles. The van der Waals surface area contributed by atoms with Crippen molar-refractivity contribution in [3.05, 3.63) is 65.2 Å². The van der Waals surface area contributed by atoms with Crippen molar-refractivity contribution in [1.29, 1.82) is 0 Å². The Kier molecular flexibility index (Phi) is 5.12. The summed E-state index contributed by atoms with van der Waals surface area (Å²) in [5, 5.41) is 3.66. The van der Waals surface area contributed by atoms with Crippen LogP contribution in [0.2, 0.25) is 0 Å². The number of rotatable bonds is 6. The average molecular weight is 295 g/mol. The molecule has 0 radical (unpaired) electrons. The zero-order chi connectivity index (χ0) is 15.2. The van der Waals surface area contributed by atoms with E-state index < -0.39 is 0 Å². The Hall–Kier alpha value is -1.80. The van der Waals surface area contributed by atoms with Crippen LogP contribution in [-0.4, -0.2) is 13.2 Å². The number of ether oxygens (including phenoxy) is 1. The second-order valence-corrected chi connectivity index (χ2v) is 6.01. The van der Waals surface area contributed by atoms with Crippen molar-refractivity contribution in [2.45, 2.75) is 38.6 Å². The minimum Gasteiger partial charge on any atom is -0.494 e. The first kappa shape index (κ1) is 15.1. The third-order valence-electron chi connectivity index (χ3n) is 4.33. The Labute approximate surface area is 133 Å². The number of nitrogens with one attached hydrogen (secondary N) is 1. The molecule has 116 valence electrons. The van der Waals surface area contributed by atoms with E-state index in [2.05, 4.69) is 60.8 Å². The van der Waals surface area contributed by atoms with E-state index >= 15 is 0 Å². The largest absolute Gasteiger partial charge is 0.494 e. The van der Waals surface area contributed by atoms with Gasteiger partial charge in [0.2, 0.25) is 0 Å². The van der Waals surface area contributed by atoms with Gasteiger partial charge in [0, 0.05) is 6.04 Å². The van der Waals surface area contributed by atoms with Crippen molar-refractivity contribution < 1.29 is 4.74 Å². The molecule has 0 aromatic heterocycles. The summed E-state index contributed by atoms with van der Waals surface area (Å²) in [7, 11) is 0. The first-order valence-corrected chi connectivity index (χ1v) is 8.39. The fourth-order valence-corrected chi connectivity index (χ4v) is 3.07. The lowest BCUT2D eigenvalue weighted by molar-refractivity contribution is 0.308. The van der Waals surface area contributed by atoms with Gasteiger partial charge >= 0.3 is 0 Å². The Morgan fingerprint density at radius 1 is 1.14 bits per heavy atom. The maximum Gasteiger partial charge on any atom is 0.119 e. The highest BCUT2D eigenvalue weighted by Crippen LogP contribution is 2.29. The zero-order valence-corrected chi connectivity index (χ0v) is 13.3. The van der Waals surface area contributed by atoms with Crippen molar-refractivity contribution in [3.8, 4) is 5.75 Å². The Balaban J connectivity index is 1.76. The van der Waals surface area contributed by atoms with Crippen molar-refractivity contribution >= 4 is 0 Å². The van der Waals surface area contributed by atoms with Gasteiger partial charge in [0.25, 0.3) is 0 Å². The van der Waals surface area contributed by atoms with E-state index in [1.165, 1.54) is 23.1 Å². The standard InChI is InChI=1S/C20H25NO/c1-2-3-13-22-18-10-9-17-11-12-21-20(19(17)15-18)14-16-7-5-4-6-8-16/h4-10,15,20-21H,2-3,11-14H2,1H3. The van der Waals surface area contributed by atoms with Crippen molar-refractivity contribution in [2.75, 3.05) is 13.2 Å². The molecule has 2 heteroatoms. The molecule has 1 aliphatic rings. The Morgan fingerprint density at radius 2 is 2.00 bits per heavy atom. The zero-order valence-electron chi connectivity index (χ0n) is 13.3. The van der Waals surface area contributed by atoms with Gasteiger partial charge in [0.15, 0.2) is 0 Å². The predicted octanol–water partition coefficient (Wildman–Crippen LogP) is 4.30. The van der Waals surface area contributed by atoms with Gasteiger partial charge in [0.1, 0.15) is 5.75 Å². The quantitative estimate of drug-likeness (QED) is 0.802. The second-order valence-electron chi connectivity index (χ2n) is 6.01. The molecule has 0 aliphatic carbocycles. The van der Waals surface area contributed by atoms with Crippen molar-refractivity contribution in [3.63, 3.8) is 0 Å². The molecule has 3 rings (SSSR count). The molecule has 0 bridgehead atoms. The first-order valence-electron chi connectivity index (χ1n) is 8.39. The SMILES string of the molecule is CCCCOc1ccc2c(c1)C(Cc1ccccc1)NCC2. The van der Waals surface area contributed by atoms with E-state index in [0.717, 1.165) is 38.2 Å². The highest BCUT2D eigenvalue weighted by Gasteiger charge is 2.20. The third-order valence-corrected chi connectivity index (χ3v) is 4.33. The summed E-state index contributed by atoms with van der Waals surface area (Å²) >= 11 is 0. The van der Waals surface area contributed by atoms with Gasteiger partial charge in [-0.3, -0.25) is 0 Å². The average Bonchev–Trinajstić information content (AvgIpc) is 2.57. The maximum atomic E-state index is 5.88. The Morgan fingerprint density at radius 3 is 2.82 bits per heavy atom. The molecule has 2 aromatic rings. The number of benzene rings is 2. The molecule has 0 saturated heterocycles. The lowest BCUT2D eigenvalue weighted by atomic mass is 9.90. The molecule has 0 spiro atoms. The molecule has 0 fully saturated rings. The van der Waals surface area contributed by atoms with Crippen LogP contribution in [0, 0.1) is 0 Å². The molecular weight excluding hydrogens is 270 g/mol. The van der Waals surface area contributed by atoms with Crippen LogP contribution >= 0.6 is 0 Å². The number of hydrogen-bond donors (Lipinski definition) is 1. The van der Waals surface area contributed by atoms with Crippen LogP contribution in [0.5, 0.6) is 5.75 Å².